The Morgan fingerprint density at radius 1 is 1.00 bits per heavy atom. The predicted molar refractivity (Wildman–Crippen MR) is 107 cm³/mol. The van der Waals surface area contributed by atoms with Crippen LogP contribution in [0.15, 0.2) is 47.4 Å². The normalized spacial score (nSPS) is 11.4. The van der Waals surface area contributed by atoms with E-state index in [4.69, 9.17) is 4.74 Å². The van der Waals surface area contributed by atoms with Crippen LogP contribution in [0.5, 0.6) is 0 Å². The van der Waals surface area contributed by atoms with E-state index in [-0.39, 0.29) is 18.0 Å². The fraction of sp³-hybridized carbons (Fsp3) is 0.250. The molecule has 28 heavy (non-hydrogen) atoms. The van der Waals surface area contributed by atoms with E-state index in [9.17, 15) is 18.6 Å². The van der Waals surface area contributed by atoms with Gasteiger partial charge in [-0.15, -0.1) is 0 Å². The first kappa shape index (κ1) is 21.3. The molecule has 1 atom stereocenters. The molecule has 8 heteroatoms. The Morgan fingerprint density at radius 3 is 2.43 bits per heavy atom. The number of nitrogens with one attached hydrogen (secondary N) is 2. The smallest absolute Gasteiger partial charge is 0.339 e. The standard InChI is InChI=1S/C20H22N2O5S/c1-13-7-6-9-16(14(13)2)22-18(23)11-21-19(24)12-27-20(25)15-8-4-5-10-17(15)28(3)26/h4-10H,11-12H2,1-3H3,(H,21,24)(H,22,23)/t28-/m1/s1. The number of hydrogen-bond donors (Lipinski definition) is 2. The number of benzene rings is 2. The van der Waals surface area contributed by atoms with Gasteiger partial charge >= 0.3 is 5.97 Å². The van der Waals surface area contributed by atoms with Gasteiger partial charge in [0.05, 0.1) is 27.8 Å². The van der Waals surface area contributed by atoms with E-state index in [1.807, 2.05) is 26.0 Å². The molecule has 0 radical (unpaired) electrons. The summed E-state index contributed by atoms with van der Waals surface area (Å²) in [6.07, 6.45) is 1.45. The number of carbonyl (C=O) groups excluding carboxylic acids is 3. The molecule has 0 saturated heterocycles. The van der Waals surface area contributed by atoms with E-state index in [0.29, 0.717) is 10.6 Å². The minimum Gasteiger partial charge on any atom is -0.452 e. The summed E-state index contributed by atoms with van der Waals surface area (Å²) in [7, 11) is -1.36. The number of esters is 1. The molecule has 0 bridgehead atoms. The van der Waals surface area contributed by atoms with Gasteiger partial charge in [0.25, 0.3) is 5.91 Å². The van der Waals surface area contributed by atoms with Gasteiger partial charge in [-0.1, -0.05) is 24.3 Å². The Kier molecular flexibility index (Phi) is 7.45. The van der Waals surface area contributed by atoms with Gasteiger partial charge in [0.15, 0.2) is 6.61 Å². The number of ether oxygens (including phenoxy) is 1. The third-order valence-corrected chi connectivity index (χ3v) is 5.05. The van der Waals surface area contributed by atoms with Crippen LogP contribution in [0.4, 0.5) is 5.69 Å². The first-order chi connectivity index (χ1) is 13.3. The second-order valence-corrected chi connectivity index (χ2v) is 7.45. The average Bonchev–Trinajstić information content (AvgIpc) is 2.68. The third kappa shape index (κ3) is 5.75. The minimum absolute atomic E-state index is 0.142. The molecule has 2 aromatic carbocycles. The molecule has 2 N–H and O–H groups in total. The molecule has 0 aromatic heterocycles. The Balaban J connectivity index is 1.83. The van der Waals surface area contributed by atoms with E-state index in [1.54, 1.807) is 24.3 Å². The van der Waals surface area contributed by atoms with Crippen LogP contribution in [0.3, 0.4) is 0 Å². The van der Waals surface area contributed by atoms with Gasteiger partial charge < -0.3 is 15.4 Å². The van der Waals surface area contributed by atoms with E-state index in [1.165, 1.54) is 12.3 Å². The van der Waals surface area contributed by atoms with Crippen molar-refractivity contribution < 1.29 is 23.3 Å². The van der Waals surface area contributed by atoms with Crippen LogP contribution in [-0.2, 0) is 25.1 Å². The van der Waals surface area contributed by atoms with E-state index >= 15 is 0 Å². The molecule has 0 saturated carbocycles. The topological polar surface area (TPSA) is 102 Å². The van der Waals surface area contributed by atoms with Crippen molar-refractivity contribution in [2.75, 3.05) is 24.7 Å². The first-order valence-corrected chi connectivity index (χ1v) is 10.1. The Labute approximate surface area is 165 Å². The van der Waals surface area contributed by atoms with Gasteiger partial charge in [-0.05, 0) is 43.2 Å². The lowest BCUT2D eigenvalue weighted by atomic mass is 10.1. The summed E-state index contributed by atoms with van der Waals surface area (Å²) in [5.74, 6) is -1.75. The Hall–Kier alpha value is -3.00. The van der Waals surface area contributed by atoms with Gasteiger partial charge in [0, 0.05) is 11.9 Å². The largest absolute Gasteiger partial charge is 0.452 e. The summed E-state index contributed by atoms with van der Waals surface area (Å²) in [5, 5.41) is 5.11. The molecular weight excluding hydrogens is 380 g/mol. The van der Waals surface area contributed by atoms with Gasteiger partial charge in [0.1, 0.15) is 0 Å². The van der Waals surface area contributed by atoms with Crippen molar-refractivity contribution in [3.8, 4) is 0 Å². The van der Waals surface area contributed by atoms with Crippen LogP contribution in [0.25, 0.3) is 0 Å². The highest BCUT2D eigenvalue weighted by molar-refractivity contribution is 7.84. The van der Waals surface area contributed by atoms with Crippen LogP contribution >= 0.6 is 0 Å². The summed E-state index contributed by atoms with van der Waals surface area (Å²) in [6.45, 7) is 3.04. The quantitative estimate of drug-likeness (QED) is 0.690. The fourth-order valence-corrected chi connectivity index (χ4v) is 3.14. The van der Waals surface area contributed by atoms with Gasteiger partial charge in [0.2, 0.25) is 5.91 Å². The lowest BCUT2D eigenvalue weighted by Gasteiger charge is -2.11. The van der Waals surface area contributed by atoms with Crippen molar-refractivity contribution in [2.45, 2.75) is 18.7 Å². The van der Waals surface area contributed by atoms with Crippen LogP contribution in [0.2, 0.25) is 0 Å². The van der Waals surface area contributed by atoms with Crippen LogP contribution < -0.4 is 10.6 Å². The van der Waals surface area contributed by atoms with Gasteiger partial charge in [-0.25, -0.2) is 4.79 Å². The van der Waals surface area contributed by atoms with Crippen LogP contribution in [0.1, 0.15) is 21.5 Å². The molecule has 148 valence electrons. The molecule has 2 rings (SSSR count). The second-order valence-electron chi connectivity index (χ2n) is 6.10. The summed E-state index contributed by atoms with van der Waals surface area (Å²) in [4.78, 5) is 36.3. The van der Waals surface area contributed by atoms with Crippen molar-refractivity contribution >= 4 is 34.3 Å². The van der Waals surface area contributed by atoms with E-state index in [2.05, 4.69) is 10.6 Å². The van der Waals surface area contributed by atoms with E-state index < -0.39 is 29.3 Å². The number of rotatable bonds is 7. The maximum atomic E-state index is 12.1. The molecule has 0 unspecified atom stereocenters. The summed E-state index contributed by atoms with van der Waals surface area (Å²) < 4.78 is 16.6. The highest BCUT2D eigenvalue weighted by Crippen LogP contribution is 2.17. The monoisotopic (exact) mass is 402 g/mol. The third-order valence-electron chi connectivity index (χ3n) is 4.08. The highest BCUT2D eigenvalue weighted by Gasteiger charge is 2.16. The molecule has 0 aliphatic rings. The molecule has 7 nitrogen and oxygen atoms in total. The van der Waals surface area contributed by atoms with Crippen LogP contribution in [-0.4, -0.2) is 41.4 Å². The molecular formula is C20H22N2O5S. The molecule has 0 heterocycles. The number of hydrogen-bond acceptors (Lipinski definition) is 5. The summed E-state index contributed by atoms with van der Waals surface area (Å²) >= 11 is 0. The highest BCUT2D eigenvalue weighted by atomic mass is 32.2. The minimum atomic E-state index is -1.36. The van der Waals surface area contributed by atoms with Crippen molar-refractivity contribution in [2.24, 2.45) is 0 Å². The summed E-state index contributed by atoms with van der Waals surface area (Å²) in [5.41, 5.74) is 2.81. The molecule has 0 spiro atoms. The van der Waals surface area contributed by atoms with Crippen molar-refractivity contribution in [3.05, 3.63) is 59.2 Å². The SMILES string of the molecule is Cc1cccc(NC(=O)CNC(=O)COC(=O)c2ccccc2[S@@](C)=O)c1C. The number of aryl methyl sites for hydroxylation is 1. The first-order valence-electron chi connectivity index (χ1n) is 8.52. The Morgan fingerprint density at radius 2 is 1.71 bits per heavy atom. The maximum Gasteiger partial charge on any atom is 0.339 e. The van der Waals surface area contributed by atoms with E-state index in [0.717, 1.165) is 11.1 Å². The molecule has 2 amide bonds. The molecule has 0 fully saturated rings. The number of carbonyl (C=O) groups is 3. The number of amides is 2. The fourth-order valence-electron chi connectivity index (χ4n) is 2.41. The maximum absolute atomic E-state index is 12.1. The zero-order chi connectivity index (χ0) is 20.7. The zero-order valence-corrected chi connectivity index (χ0v) is 16.7. The summed E-state index contributed by atoms with van der Waals surface area (Å²) in [6, 6.07) is 11.9. The Bertz CT molecular complexity index is 927. The van der Waals surface area contributed by atoms with Crippen molar-refractivity contribution in [1.29, 1.82) is 0 Å². The van der Waals surface area contributed by atoms with Crippen LogP contribution in [0, 0.1) is 13.8 Å². The van der Waals surface area contributed by atoms with Gasteiger partial charge in [-0.2, -0.15) is 0 Å². The predicted octanol–water partition coefficient (Wildman–Crippen LogP) is 1.95. The van der Waals surface area contributed by atoms with Crippen molar-refractivity contribution in [3.63, 3.8) is 0 Å². The van der Waals surface area contributed by atoms with Crippen molar-refractivity contribution in [1.82, 2.24) is 5.32 Å². The number of anilines is 1. The lowest BCUT2D eigenvalue weighted by Crippen LogP contribution is -2.35. The zero-order valence-electron chi connectivity index (χ0n) is 15.9. The average molecular weight is 402 g/mol. The molecule has 0 aliphatic carbocycles. The molecule has 0 aliphatic heterocycles. The second kappa shape index (κ2) is 9.80. The van der Waals surface area contributed by atoms with Gasteiger partial charge in [-0.3, -0.25) is 13.8 Å². The lowest BCUT2D eigenvalue weighted by molar-refractivity contribution is -0.126. The molecule has 2 aromatic rings.